The van der Waals surface area contributed by atoms with Crippen LogP contribution in [-0.2, 0) is 16.4 Å². The molecule has 0 aromatic heterocycles. The van der Waals surface area contributed by atoms with Gasteiger partial charge in [-0.1, -0.05) is 62.2 Å². The highest BCUT2D eigenvalue weighted by molar-refractivity contribution is 7.89. The zero-order chi connectivity index (χ0) is 33.1. The van der Waals surface area contributed by atoms with Gasteiger partial charge in [0.25, 0.3) is 0 Å². The Kier molecular flexibility index (Phi) is 14.3. The number of amides is 2. The van der Waals surface area contributed by atoms with Gasteiger partial charge < -0.3 is 21.1 Å². The summed E-state index contributed by atoms with van der Waals surface area (Å²) in [4.78, 5) is 14.3. The summed E-state index contributed by atoms with van der Waals surface area (Å²) in [5, 5.41) is 6.94. The van der Waals surface area contributed by atoms with E-state index in [1.165, 1.54) is 0 Å². The molecule has 0 bridgehead atoms. The molecule has 5 N–H and O–H groups in total. The molecule has 0 spiro atoms. The molecule has 2 aromatic carbocycles. The van der Waals surface area contributed by atoms with Crippen LogP contribution in [0.3, 0.4) is 0 Å². The highest BCUT2D eigenvalue weighted by atomic mass is 35.5. The lowest BCUT2D eigenvalue weighted by molar-refractivity contribution is 0.0589. The summed E-state index contributed by atoms with van der Waals surface area (Å²) >= 11 is 13.0. The monoisotopic (exact) mass is 695 g/mol. The zero-order valence-electron chi connectivity index (χ0n) is 27.3. The van der Waals surface area contributed by atoms with Gasteiger partial charge in [-0.3, -0.25) is 4.90 Å². The maximum absolute atomic E-state index is 13.1. The normalized spacial score (nSPS) is 20.0. The van der Waals surface area contributed by atoms with Crippen LogP contribution in [0.5, 0.6) is 5.75 Å². The van der Waals surface area contributed by atoms with Crippen LogP contribution in [-0.4, -0.2) is 64.2 Å². The summed E-state index contributed by atoms with van der Waals surface area (Å²) in [5.74, 6) is 0.631. The van der Waals surface area contributed by atoms with E-state index in [4.69, 9.17) is 33.7 Å². The summed E-state index contributed by atoms with van der Waals surface area (Å²) in [6, 6.07) is 8.82. The third kappa shape index (κ3) is 10.5. The van der Waals surface area contributed by atoms with E-state index in [2.05, 4.69) is 27.2 Å². The van der Waals surface area contributed by atoms with Crippen molar-refractivity contribution in [1.29, 1.82) is 0 Å². The number of carbonyl (C=O) groups excluding carboxylic acids is 1. The van der Waals surface area contributed by atoms with Gasteiger partial charge >= 0.3 is 6.03 Å². The third-order valence-corrected chi connectivity index (χ3v) is 10.9. The number of hydrogen-bond donors (Lipinski definition) is 4. The molecule has 0 unspecified atom stereocenters. The highest BCUT2D eigenvalue weighted by Gasteiger charge is 2.41. The molecular weight excluding hydrogens is 645 g/mol. The Bertz CT molecular complexity index is 1410. The lowest BCUT2D eigenvalue weighted by Gasteiger charge is -2.38. The van der Waals surface area contributed by atoms with E-state index in [1.54, 1.807) is 24.3 Å². The summed E-state index contributed by atoms with van der Waals surface area (Å²) in [7, 11) is -3.65. The van der Waals surface area contributed by atoms with E-state index >= 15 is 0 Å². The molecule has 2 aliphatic rings. The number of unbranched alkanes of at least 4 members (excludes halogenated alkanes) is 6. The number of benzene rings is 2. The van der Waals surface area contributed by atoms with Crippen molar-refractivity contribution in [3.8, 4) is 5.75 Å². The number of urea groups is 1. The number of piperidine rings is 1. The Labute approximate surface area is 285 Å². The Morgan fingerprint density at radius 3 is 2.39 bits per heavy atom. The summed E-state index contributed by atoms with van der Waals surface area (Å²) in [5.41, 5.74) is 9.09. The quantitative estimate of drug-likeness (QED) is 0.140. The van der Waals surface area contributed by atoms with Crippen LogP contribution < -0.4 is 25.8 Å². The maximum atomic E-state index is 13.1. The van der Waals surface area contributed by atoms with Gasteiger partial charge in [0.05, 0.1) is 10.9 Å². The Balaban J connectivity index is 1.25. The SMILES string of the molecule is CCCCNC(=O)NCCCCCCCCNS(=O)(=O)c1ccc(O[C@H]2c3cc(Cl)cc(Cl)c3C[C@@H]2N2CCC[C@@H](N)C2)c(C)c1. The van der Waals surface area contributed by atoms with Crippen molar-refractivity contribution in [2.75, 3.05) is 32.7 Å². The summed E-state index contributed by atoms with van der Waals surface area (Å²) < 4.78 is 35.6. The second-order valence-electron chi connectivity index (χ2n) is 12.6. The second kappa shape index (κ2) is 17.9. The first-order valence-electron chi connectivity index (χ1n) is 16.8. The molecular formula is C34H51Cl2N5O4S. The minimum atomic E-state index is -3.65. The van der Waals surface area contributed by atoms with Crippen molar-refractivity contribution in [1.82, 2.24) is 20.3 Å². The number of aryl methyl sites for hydroxylation is 1. The fourth-order valence-corrected chi connectivity index (χ4v) is 8.11. The van der Waals surface area contributed by atoms with E-state index in [0.717, 1.165) is 100 Å². The van der Waals surface area contributed by atoms with E-state index in [0.29, 0.717) is 35.4 Å². The number of ether oxygens (including phenoxy) is 1. The predicted molar refractivity (Wildman–Crippen MR) is 186 cm³/mol. The van der Waals surface area contributed by atoms with Gasteiger partial charge in [-0.15, -0.1) is 0 Å². The van der Waals surface area contributed by atoms with E-state index in [9.17, 15) is 13.2 Å². The molecule has 2 amide bonds. The van der Waals surface area contributed by atoms with Crippen molar-refractivity contribution in [3.05, 3.63) is 57.1 Å². The number of fused-ring (bicyclic) bond motifs is 1. The molecule has 12 heteroatoms. The van der Waals surface area contributed by atoms with Gasteiger partial charge in [0, 0.05) is 47.8 Å². The molecule has 1 saturated heterocycles. The first-order valence-corrected chi connectivity index (χ1v) is 19.1. The van der Waals surface area contributed by atoms with Gasteiger partial charge in [0.1, 0.15) is 11.9 Å². The molecule has 9 nitrogen and oxygen atoms in total. The van der Waals surface area contributed by atoms with Crippen LogP contribution in [0.4, 0.5) is 4.79 Å². The van der Waals surface area contributed by atoms with Crippen LogP contribution >= 0.6 is 23.2 Å². The number of sulfonamides is 1. The second-order valence-corrected chi connectivity index (χ2v) is 15.3. The molecule has 1 aliphatic heterocycles. The van der Waals surface area contributed by atoms with E-state index < -0.39 is 10.0 Å². The molecule has 4 rings (SSSR count). The van der Waals surface area contributed by atoms with Crippen LogP contribution in [0.25, 0.3) is 0 Å². The summed E-state index contributed by atoms with van der Waals surface area (Å²) in [6.45, 7) is 7.47. The minimum absolute atomic E-state index is 0.0558. The maximum Gasteiger partial charge on any atom is 0.314 e. The Morgan fingerprint density at radius 1 is 1.00 bits per heavy atom. The molecule has 46 heavy (non-hydrogen) atoms. The van der Waals surface area contributed by atoms with Crippen molar-refractivity contribution in [2.24, 2.45) is 5.73 Å². The topological polar surface area (TPSA) is 126 Å². The van der Waals surface area contributed by atoms with Gasteiger partial charge in [0.15, 0.2) is 0 Å². The molecule has 0 saturated carbocycles. The number of carbonyl (C=O) groups is 1. The lowest BCUT2D eigenvalue weighted by atomic mass is 10.0. The van der Waals surface area contributed by atoms with Gasteiger partial charge in [-0.2, -0.15) is 0 Å². The van der Waals surface area contributed by atoms with Crippen molar-refractivity contribution in [2.45, 2.75) is 108 Å². The number of likely N-dealkylation sites (tertiary alicyclic amines) is 1. The average Bonchev–Trinajstić information content (AvgIpc) is 3.37. The van der Waals surface area contributed by atoms with E-state index in [-0.39, 0.29) is 29.1 Å². The molecule has 256 valence electrons. The summed E-state index contributed by atoms with van der Waals surface area (Å²) in [6.07, 6.45) is 10.3. The minimum Gasteiger partial charge on any atom is -0.484 e. The third-order valence-electron chi connectivity index (χ3n) is 8.93. The number of nitrogens with zero attached hydrogens (tertiary/aromatic N) is 1. The van der Waals surface area contributed by atoms with Crippen LogP contribution in [0.15, 0.2) is 35.2 Å². The first-order chi connectivity index (χ1) is 22.1. The van der Waals surface area contributed by atoms with Crippen LogP contribution in [0.1, 0.15) is 93.9 Å². The van der Waals surface area contributed by atoms with Crippen molar-refractivity contribution < 1.29 is 17.9 Å². The number of nitrogens with one attached hydrogen (secondary N) is 3. The van der Waals surface area contributed by atoms with Gasteiger partial charge in [-0.05, 0) is 93.5 Å². The number of halogens is 2. The lowest BCUT2D eigenvalue weighted by Crippen LogP contribution is -2.49. The van der Waals surface area contributed by atoms with Crippen LogP contribution in [0.2, 0.25) is 10.0 Å². The predicted octanol–water partition coefficient (Wildman–Crippen LogP) is 6.49. The number of hydrogen-bond acceptors (Lipinski definition) is 6. The van der Waals surface area contributed by atoms with Crippen LogP contribution in [0, 0.1) is 6.92 Å². The highest BCUT2D eigenvalue weighted by Crippen LogP contribution is 2.43. The average molecular weight is 697 g/mol. The molecule has 1 fully saturated rings. The smallest absolute Gasteiger partial charge is 0.314 e. The van der Waals surface area contributed by atoms with Crippen molar-refractivity contribution in [3.63, 3.8) is 0 Å². The first kappa shape index (κ1) is 36.8. The van der Waals surface area contributed by atoms with E-state index in [1.807, 2.05) is 13.0 Å². The largest absolute Gasteiger partial charge is 0.484 e. The Morgan fingerprint density at radius 2 is 1.70 bits per heavy atom. The van der Waals surface area contributed by atoms with Gasteiger partial charge in [-0.25, -0.2) is 17.9 Å². The molecule has 1 aliphatic carbocycles. The van der Waals surface area contributed by atoms with Gasteiger partial charge in [0.2, 0.25) is 10.0 Å². The Hall–Kier alpha value is -2.08. The molecule has 1 heterocycles. The van der Waals surface area contributed by atoms with Crippen molar-refractivity contribution >= 4 is 39.3 Å². The fourth-order valence-electron chi connectivity index (χ4n) is 6.37. The molecule has 0 radical (unpaired) electrons. The molecule has 2 aromatic rings. The fraction of sp³-hybridized carbons (Fsp3) is 0.618. The standard InChI is InChI=1S/C34H51Cl2N5O4S/c1-3-4-15-38-34(42)39-16-9-7-5-6-8-10-17-40-46(43,44)27-13-14-32(24(2)19-27)45-33-29-20-25(35)21-30(36)28(29)22-31(33)41-18-11-12-26(37)23-41/h13-14,19-21,26,31,33,40H,3-12,15-18,22-23,37H2,1-2H3,(H2,38,39,42)/t26-,31+,33+/m1/s1. The zero-order valence-corrected chi connectivity index (χ0v) is 29.6. The number of rotatable bonds is 17. The number of nitrogens with two attached hydrogens (primary N) is 1. The molecule has 3 atom stereocenters.